The second kappa shape index (κ2) is 7.24. The van der Waals surface area contributed by atoms with E-state index in [1.54, 1.807) is 19.9 Å². The van der Waals surface area contributed by atoms with E-state index in [2.05, 4.69) is 4.74 Å². The Kier molecular flexibility index (Phi) is 5.66. The maximum atomic E-state index is 12.0. The van der Waals surface area contributed by atoms with Gasteiger partial charge in [0, 0.05) is 0 Å². The quantitative estimate of drug-likeness (QED) is 0.472. The molecule has 0 aliphatic heterocycles. The van der Waals surface area contributed by atoms with Crippen molar-refractivity contribution in [3.63, 3.8) is 0 Å². The highest BCUT2D eigenvalue weighted by Gasteiger charge is 2.12. The van der Waals surface area contributed by atoms with Crippen molar-refractivity contribution in [3.8, 4) is 11.8 Å². The van der Waals surface area contributed by atoms with Crippen LogP contribution in [0.15, 0.2) is 29.8 Å². The van der Waals surface area contributed by atoms with Gasteiger partial charge in [0.05, 0.1) is 6.10 Å². The van der Waals surface area contributed by atoms with E-state index in [4.69, 9.17) is 10.00 Å². The molecule has 0 aliphatic rings. The van der Waals surface area contributed by atoms with Crippen LogP contribution in [0.3, 0.4) is 0 Å². The van der Waals surface area contributed by atoms with Gasteiger partial charge in [0.25, 0.3) is 0 Å². The number of ether oxygens (including phenoxy) is 2. The van der Waals surface area contributed by atoms with Crippen molar-refractivity contribution >= 4 is 12.0 Å². The smallest absolute Gasteiger partial charge is 0.387 e. The molecule has 0 saturated heterocycles. The van der Waals surface area contributed by atoms with Crippen molar-refractivity contribution < 1.29 is 23.0 Å². The van der Waals surface area contributed by atoms with E-state index in [-0.39, 0.29) is 17.4 Å². The summed E-state index contributed by atoms with van der Waals surface area (Å²) < 4.78 is 33.0. The Labute approximate surface area is 115 Å². The molecule has 106 valence electrons. The molecule has 20 heavy (non-hydrogen) atoms. The Morgan fingerprint density at radius 1 is 1.30 bits per heavy atom. The summed E-state index contributed by atoms with van der Waals surface area (Å²) in [5.41, 5.74) is 0.338. The lowest BCUT2D eigenvalue weighted by atomic mass is 10.1. The molecular formula is C14H13F2NO3. The van der Waals surface area contributed by atoms with Crippen LogP contribution in [0, 0.1) is 11.3 Å². The lowest BCUT2D eigenvalue weighted by Crippen LogP contribution is -2.12. The van der Waals surface area contributed by atoms with E-state index in [0.717, 1.165) is 0 Å². The SMILES string of the molecule is CC(C)OC(=O)C(C#N)=Cc1ccc(OC(F)F)cc1. The van der Waals surface area contributed by atoms with Gasteiger partial charge in [-0.2, -0.15) is 14.0 Å². The maximum Gasteiger partial charge on any atom is 0.387 e. The summed E-state index contributed by atoms with van der Waals surface area (Å²) >= 11 is 0. The summed E-state index contributed by atoms with van der Waals surface area (Å²) in [4.78, 5) is 11.6. The van der Waals surface area contributed by atoms with Crippen LogP contribution in [0.4, 0.5) is 8.78 Å². The molecule has 0 saturated carbocycles. The van der Waals surface area contributed by atoms with E-state index >= 15 is 0 Å². The minimum atomic E-state index is -2.90. The minimum absolute atomic E-state index is 0.000384. The first kappa shape index (κ1) is 15.6. The van der Waals surface area contributed by atoms with Gasteiger partial charge in [0.15, 0.2) is 0 Å². The van der Waals surface area contributed by atoms with Crippen molar-refractivity contribution in [2.75, 3.05) is 0 Å². The van der Waals surface area contributed by atoms with Crippen LogP contribution >= 0.6 is 0 Å². The molecule has 1 aromatic carbocycles. The Hall–Kier alpha value is -2.42. The molecule has 6 heteroatoms. The average Bonchev–Trinajstić information content (AvgIpc) is 2.36. The van der Waals surface area contributed by atoms with Gasteiger partial charge in [-0.15, -0.1) is 0 Å². The first-order chi connectivity index (χ1) is 9.42. The van der Waals surface area contributed by atoms with Gasteiger partial charge in [-0.3, -0.25) is 0 Å². The zero-order valence-electron chi connectivity index (χ0n) is 11.0. The Morgan fingerprint density at radius 3 is 2.35 bits per heavy atom. The molecule has 0 unspecified atom stereocenters. The molecule has 0 spiro atoms. The van der Waals surface area contributed by atoms with E-state index in [1.807, 2.05) is 0 Å². The van der Waals surface area contributed by atoms with E-state index in [9.17, 15) is 13.6 Å². The van der Waals surface area contributed by atoms with Crippen molar-refractivity contribution in [1.82, 2.24) is 0 Å². The number of esters is 1. The van der Waals surface area contributed by atoms with Crippen LogP contribution in [-0.4, -0.2) is 18.7 Å². The van der Waals surface area contributed by atoms with Crippen LogP contribution in [-0.2, 0) is 9.53 Å². The lowest BCUT2D eigenvalue weighted by molar-refractivity contribution is -0.142. The molecule has 0 aliphatic carbocycles. The van der Waals surface area contributed by atoms with E-state index in [1.165, 1.54) is 30.3 Å². The van der Waals surface area contributed by atoms with E-state index in [0.29, 0.717) is 5.56 Å². The van der Waals surface area contributed by atoms with Gasteiger partial charge in [0.2, 0.25) is 0 Å². The van der Waals surface area contributed by atoms with Crippen LogP contribution in [0.5, 0.6) is 5.75 Å². The number of carbonyl (C=O) groups is 1. The number of halogens is 2. The summed E-state index contributed by atoms with van der Waals surface area (Å²) in [7, 11) is 0. The first-order valence-electron chi connectivity index (χ1n) is 5.80. The molecule has 1 rings (SSSR count). The predicted octanol–water partition coefficient (Wildman–Crippen LogP) is 3.15. The van der Waals surface area contributed by atoms with E-state index < -0.39 is 12.6 Å². The summed E-state index contributed by atoms with van der Waals surface area (Å²) in [6, 6.07) is 7.29. The topological polar surface area (TPSA) is 59.3 Å². The minimum Gasteiger partial charge on any atom is -0.459 e. The van der Waals surface area contributed by atoms with Crippen LogP contribution in [0.2, 0.25) is 0 Å². The molecule has 0 bridgehead atoms. The van der Waals surface area contributed by atoms with Gasteiger partial charge in [-0.1, -0.05) is 12.1 Å². The number of nitriles is 1. The molecule has 0 atom stereocenters. The molecule has 4 nitrogen and oxygen atoms in total. The van der Waals surface area contributed by atoms with Crippen molar-refractivity contribution in [3.05, 3.63) is 35.4 Å². The highest BCUT2D eigenvalue weighted by Crippen LogP contribution is 2.17. The van der Waals surface area contributed by atoms with Gasteiger partial charge < -0.3 is 9.47 Å². The average molecular weight is 281 g/mol. The third-order valence-corrected chi connectivity index (χ3v) is 2.10. The zero-order chi connectivity index (χ0) is 15.1. The zero-order valence-corrected chi connectivity index (χ0v) is 11.0. The molecule has 0 aromatic heterocycles. The monoisotopic (exact) mass is 281 g/mol. The number of hydrogen-bond donors (Lipinski definition) is 0. The Balaban J connectivity index is 2.86. The largest absolute Gasteiger partial charge is 0.459 e. The number of alkyl halides is 2. The fraction of sp³-hybridized carbons (Fsp3) is 0.286. The summed E-state index contributed by atoms with van der Waals surface area (Å²) in [6.07, 6.45) is 0.984. The normalized spacial score (nSPS) is 11.3. The highest BCUT2D eigenvalue weighted by atomic mass is 19.3. The van der Waals surface area contributed by atoms with Crippen LogP contribution < -0.4 is 4.74 Å². The van der Waals surface area contributed by atoms with Crippen molar-refractivity contribution in [2.45, 2.75) is 26.6 Å². The number of benzene rings is 1. The fourth-order valence-electron chi connectivity index (χ4n) is 1.33. The fourth-order valence-corrected chi connectivity index (χ4v) is 1.33. The molecular weight excluding hydrogens is 268 g/mol. The number of carbonyl (C=O) groups excluding carboxylic acids is 1. The third-order valence-electron chi connectivity index (χ3n) is 2.10. The molecule has 0 N–H and O–H groups in total. The van der Waals surface area contributed by atoms with Crippen LogP contribution in [0.1, 0.15) is 19.4 Å². The molecule has 0 heterocycles. The highest BCUT2D eigenvalue weighted by molar-refractivity contribution is 5.97. The summed E-state index contributed by atoms with van der Waals surface area (Å²) in [5, 5.41) is 8.90. The van der Waals surface area contributed by atoms with Gasteiger partial charge >= 0.3 is 12.6 Å². The molecule has 0 amide bonds. The summed E-state index contributed by atoms with van der Waals surface area (Å²) in [5.74, 6) is -0.726. The van der Waals surface area contributed by atoms with Crippen molar-refractivity contribution in [2.24, 2.45) is 0 Å². The molecule has 1 aromatic rings. The second-order valence-corrected chi connectivity index (χ2v) is 4.07. The predicted molar refractivity (Wildman–Crippen MR) is 67.9 cm³/mol. The van der Waals surface area contributed by atoms with Gasteiger partial charge in [-0.05, 0) is 37.6 Å². The van der Waals surface area contributed by atoms with Gasteiger partial charge in [-0.25, -0.2) is 4.79 Å². The lowest BCUT2D eigenvalue weighted by Gasteiger charge is -2.07. The number of hydrogen-bond acceptors (Lipinski definition) is 4. The van der Waals surface area contributed by atoms with Crippen molar-refractivity contribution in [1.29, 1.82) is 5.26 Å². The third kappa shape index (κ3) is 5.06. The standard InChI is InChI=1S/C14H13F2NO3/c1-9(2)19-13(18)11(8-17)7-10-3-5-12(6-4-10)20-14(15)16/h3-7,9,14H,1-2H3. The Morgan fingerprint density at radius 2 is 1.90 bits per heavy atom. The maximum absolute atomic E-state index is 12.0. The van der Waals surface area contributed by atoms with Crippen LogP contribution in [0.25, 0.3) is 6.08 Å². The summed E-state index contributed by atoms with van der Waals surface area (Å²) in [6.45, 7) is 0.444. The molecule has 0 fully saturated rings. The number of rotatable bonds is 5. The second-order valence-electron chi connectivity index (χ2n) is 4.07. The first-order valence-corrected chi connectivity index (χ1v) is 5.80. The molecule has 0 radical (unpaired) electrons. The Bertz CT molecular complexity index is 530. The van der Waals surface area contributed by atoms with Gasteiger partial charge in [0.1, 0.15) is 17.4 Å². The number of nitrogens with zero attached hydrogens (tertiary/aromatic N) is 1.